The Labute approximate surface area is 264 Å². The van der Waals surface area contributed by atoms with Gasteiger partial charge in [0.2, 0.25) is 5.91 Å². The number of halogens is 2. The van der Waals surface area contributed by atoms with Gasteiger partial charge < -0.3 is 20.6 Å². The predicted molar refractivity (Wildman–Crippen MR) is 160 cm³/mol. The van der Waals surface area contributed by atoms with Gasteiger partial charge in [-0.15, -0.1) is 35.3 Å². The first-order chi connectivity index (χ1) is 20.0. The fourth-order valence-electron chi connectivity index (χ4n) is 4.30. The Hall–Kier alpha value is -2.49. The number of carboxylic acid groups (broad SMARTS) is 2. The Morgan fingerprint density at radius 1 is 1.12 bits per heavy atom. The van der Waals surface area contributed by atoms with Crippen molar-refractivity contribution >= 4 is 82.2 Å². The molecule has 0 bridgehead atoms. The molecule has 3 atom stereocenters. The van der Waals surface area contributed by atoms with E-state index < -0.39 is 35.4 Å². The molecular formula is C26H27Cl2N4O7S3+. The van der Waals surface area contributed by atoms with Crippen molar-refractivity contribution in [3.05, 3.63) is 58.2 Å². The van der Waals surface area contributed by atoms with E-state index in [0.717, 1.165) is 4.90 Å². The van der Waals surface area contributed by atoms with E-state index in [1.807, 2.05) is 29.1 Å². The number of amides is 2. The Morgan fingerprint density at radius 3 is 2.45 bits per heavy atom. The van der Waals surface area contributed by atoms with Gasteiger partial charge in [-0.05, 0) is 30.5 Å². The molecule has 0 saturated carbocycles. The highest BCUT2D eigenvalue weighted by Gasteiger charge is 2.54. The average Bonchev–Trinajstić information content (AvgIpc) is 2.95. The maximum absolute atomic E-state index is 12.9. The van der Waals surface area contributed by atoms with Crippen LogP contribution in [-0.2, 0) is 25.7 Å². The number of thioether (sulfide) groups is 3. The summed E-state index contributed by atoms with van der Waals surface area (Å²) in [5, 5.41) is 30.6. The number of nitrogens with one attached hydrogen (secondary N) is 1. The molecule has 2 aromatic rings. The normalized spacial score (nSPS) is 18.7. The Balaban J connectivity index is 1.28. The van der Waals surface area contributed by atoms with Gasteiger partial charge in [0.1, 0.15) is 34.0 Å². The van der Waals surface area contributed by atoms with E-state index in [2.05, 4.69) is 10.3 Å². The number of carbonyl (C=O) groups excluding carboxylic acids is 2. The molecule has 2 amide bonds. The van der Waals surface area contributed by atoms with Crippen LogP contribution in [0.2, 0.25) is 10.3 Å². The number of hydrogen-bond acceptors (Lipinski definition) is 9. The fraction of sp³-hybridized carbons (Fsp3) is 0.385. The Morgan fingerprint density at radius 2 is 1.81 bits per heavy atom. The van der Waals surface area contributed by atoms with Crippen LogP contribution in [0, 0.1) is 0 Å². The SMILES string of the molecule is O=C(CSc1cc(Cl)nc(Cl)c1)N[C@H]1C(=O)N2C(C(=O)O)=C(CSc3cc[n+](CCCC[C@H](O)C(=O)O)cc3)CS[C@H]12. The summed E-state index contributed by atoms with van der Waals surface area (Å²) in [6.45, 7) is 0.670. The maximum Gasteiger partial charge on any atom is 0.352 e. The van der Waals surface area contributed by atoms with Crippen LogP contribution in [0.3, 0.4) is 0 Å². The van der Waals surface area contributed by atoms with Crippen LogP contribution in [-0.4, -0.2) is 83.7 Å². The van der Waals surface area contributed by atoms with Crippen LogP contribution < -0.4 is 9.88 Å². The van der Waals surface area contributed by atoms with Gasteiger partial charge in [-0.2, -0.15) is 0 Å². The molecular weight excluding hydrogens is 647 g/mol. The number of pyridine rings is 2. The summed E-state index contributed by atoms with van der Waals surface area (Å²) in [4.78, 5) is 55.0. The van der Waals surface area contributed by atoms with E-state index >= 15 is 0 Å². The molecule has 16 heteroatoms. The summed E-state index contributed by atoms with van der Waals surface area (Å²) in [5.74, 6) is -2.42. The molecule has 4 N–H and O–H groups in total. The van der Waals surface area contributed by atoms with Gasteiger partial charge in [0, 0.05) is 39.9 Å². The Bertz CT molecular complexity index is 1380. The first kappa shape index (κ1) is 32.4. The number of aromatic nitrogens is 2. The summed E-state index contributed by atoms with van der Waals surface area (Å²) >= 11 is 15.8. The zero-order valence-electron chi connectivity index (χ0n) is 21.9. The molecule has 4 heterocycles. The first-order valence-corrected chi connectivity index (χ1v) is 16.5. The molecule has 11 nitrogen and oxygen atoms in total. The van der Waals surface area contributed by atoms with Crippen molar-refractivity contribution in [2.45, 2.75) is 53.1 Å². The summed E-state index contributed by atoms with van der Waals surface area (Å²) < 4.78 is 1.95. The number of β-lactam (4-membered cyclic amide) rings is 1. The van der Waals surface area contributed by atoms with Crippen molar-refractivity contribution in [3.63, 3.8) is 0 Å². The second-order valence-electron chi connectivity index (χ2n) is 9.36. The number of aliphatic carboxylic acids is 2. The van der Waals surface area contributed by atoms with Crippen LogP contribution in [0.1, 0.15) is 19.3 Å². The zero-order valence-corrected chi connectivity index (χ0v) is 25.9. The van der Waals surface area contributed by atoms with E-state index in [9.17, 15) is 29.4 Å². The number of carboxylic acids is 2. The monoisotopic (exact) mass is 673 g/mol. The van der Waals surface area contributed by atoms with Crippen LogP contribution in [0.15, 0.2) is 57.7 Å². The van der Waals surface area contributed by atoms with Crippen molar-refractivity contribution in [2.24, 2.45) is 0 Å². The molecule has 1 fully saturated rings. The van der Waals surface area contributed by atoms with Gasteiger partial charge in [-0.3, -0.25) is 14.5 Å². The summed E-state index contributed by atoms with van der Waals surface area (Å²) in [6, 6.07) is 6.16. The minimum atomic E-state index is -1.34. The summed E-state index contributed by atoms with van der Waals surface area (Å²) in [6.07, 6.45) is 3.93. The number of unbranched alkanes of at least 4 members (excludes halogenated alkanes) is 1. The van der Waals surface area contributed by atoms with Crippen molar-refractivity contribution in [2.75, 3.05) is 17.3 Å². The molecule has 4 rings (SSSR count). The first-order valence-electron chi connectivity index (χ1n) is 12.7. The highest BCUT2D eigenvalue weighted by molar-refractivity contribution is 8.01. The molecule has 2 aromatic heterocycles. The molecule has 0 radical (unpaired) electrons. The van der Waals surface area contributed by atoms with E-state index in [1.54, 1.807) is 12.1 Å². The van der Waals surface area contributed by atoms with Gasteiger partial charge >= 0.3 is 11.9 Å². The highest BCUT2D eigenvalue weighted by atomic mass is 35.5. The number of rotatable bonds is 14. The number of fused-ring (bicyclic) bond motifs is 1. The lowest BCUT2D eigenvalue weighted by Gasteiger charge is -2.49. The van der Waals surface area contributed by atoms with E-state index in [1.165, 1.54) is 40.2 Å². The molecule has 0 aliphatic carbocycles. The van der Waals surface area contributed by atoms with Gasteiger partial charge in [-0.1, -0.05) is 23.2 Å². The molecule has 1 saturated heterocycles. The summed E-state index contributed by atoms with van der Waals surface area (Å²) in [7, 11) is 0. The van der Waals surface area contributed by atoms with E-state index in [0.29, 0.717) is 41.4 Å². The summed E-state index contributed by atoms with van der Waals surface area (Å²) in [5.41, 5.74) is 0.592. The number of carbonyl (C=O) groups is 4. The van der Waals surface area contributed by atoms with Crippen LogP contribution >= 0.6 is 58.5 Å². The number of nitrogens with zero attached hydrogens (tertiary/aromatic N) is 3. The average molecular weight is 675 g/mol. The van der Waals surface area contributed by atoms with Gasteiger partial charge in [0.15, 0.2) is 18.5 Å². The molecule has 224 valence electrons. The van der Waals surface area contributed by atoms with Crippen LogP contribution in [0.5, 0.6) is 0 Å². The number of aliphatic hydroxyl groups is 1. The lowest BCUT2D eigenvalue weighted by atomic mass is 10.0. The predicted octanol–water partition coefficient (Wildman–Crippen LogP) is 2.91. The second kappa shape index (κ2) is 14.8. The minimum Gasteiger partial charge on any atom is -0.479 e. The lowest BCUT2D eigenvalue weighted by molar-refractivity contribution is -0.697. The topological polar surface area (TPSA) is 161 Å². The van der Waals surface area contributed by atoms with E-state index in [4.69, 9.17) is 28.3 Å². The Kier molecular flexibility index (Phi) is 11.4. The minimum absolute atomic E-state index is 0.0201. The number of aryl methyl sites for hydroxylation is 1. The van der Waals surface area contributed by atoms with Gasteiger partial charge in [0.25, 0.3) is 5.91 Å². The highest BCUT2D eigenvalue weighted by Crippen LogP contribution is 2.41. The van der Waals surface area contributed by atoms with Crippen molar-refractivity contribution in [1.29, 1.82) is 0 Å². The lowest BCUT2D eigenvalue weighted by Crippen LogP contribution is -2.70. The number of hydrogen-bond donors (Lipinski definition) is 4. The van der Waals surface area contributed by atoms with Crippen LogP contribution in [0.25, 0.3) is 0 Å². The molecule has 0 unspecified atom stereocenters. The van der Waals surface area contributed by atoms with Crippen molar-refractivity contribution in [1.82, 2.24) is 15.2 Å². The number of aliphatic hydroxyl groups excluding tert-OH is 1. The van der Waals surface area contributed by atoms with Gasteiger partial charge in [-0.25, -0.2) is 19.1 Å². The third-order valence-electron chi connectivity index (χ3n) is 6.38. The molecule has 42 heavy (non-hydrogen) atoms. The zero-order chi connectivity index (χ0) is 30.4. The second-order valence-corrected chi connectivity index (χ2v) is 13.3. The van der Waals surface area contributed by atoms with Crippen molar-refractivity contribution < 1.29 is 39.1 Å². The van der Waals surface area contributed by atoms with Gasteiger partial charge in [0.05, 0.1) is 5.75 Å². The third-order valence-corrected chi connectivity index (χ3v) is 10.2. The fourth-order valence-corrected chi connectivity index (χ4v) is 8.03. The molecule has 2 aliphatic heterocycles. The van der Waals surface area contributed by atoms with Crippen LogP contribution in [0.4, 0.5) is 0 Å². The smallest absolute Gasteiger partial charge is 0.352 e. The molecule has 2 aliphatic rings. The standard InChI is InChI=1S/C26H26Cl2N4O7S3/c27-18-9-16(10-19(28)29-18)41-13-20(34)30-21-23(35)32-22(26(38)39)14(12-42-24(21)32)11-40-15-4-7-31(8-5-15)6-2-1-3-17(33)25(36)37/h4-5,7-10,17,21,24,33H,1-3,6,11-13H2,(H2-,30,34,36,37,38,39)/p+1/t17-,21-,24+/m0/s1. The largest absolute Gasteiger partial charge is 0.479 e. The van der Waals surface area contributed by atoms with E-state index in [-0.39, 0.29) is 34.1 Å². The van der Waals surface area contributed by atoms with Crippen molar-refractivity contribution in [3.8, 4) is 0 Å². The third kappa shape index (κ3) is 8.32. The molecule has 0 aromatic carbocycles. The maximum atomic E-state index is 12.9. The molecule has 0 spiro atoms. The quantitative estimate of drug-likeness (QED) is 0.0767.